The summed E-state index contributed by atoms with van der Waals surface area (Å²) >= 11 is 0. The summed E-state index contributed by atoms with van der Waals surface area (Å²) < 4.78 is 5.51. The predicted octanol–water partition coefficient (Wildman–Crippen LogP) is 3.17. The molecule has 0 saturated heterocycles. The van der Waals surface area contributed by atoms with E-state index in [2.05, 4.69) is 10.6 Å². The van der Waals surface area contributed by atoms with Gasteiger partial charge in [0.2, 0.25) is 0 Å². The van der Waals surface area contributed by atoms with Gasteiger partial charge in [-0.25, -0.2) is 4.79 Å². The van der Waals surface area contributed by atoms with Gasteiger partial charge in [0.25, 0.3) is 0 Å². The van der Waals surface area contributed by atoms with Gasteiger partial charge in [-0.2, -0.15) is 0 Å². The number of nitrogens with one attached hydrogen (secondary N) is 2. The zero-order valence-electron chi connectivity index (χ0n) is 14.3. The van der Waals surface area contributed by atoms with Gasteiger partial charge in [0, 0.05) is 12.2 Å². The standard InChI is InChI=1S/C19H24N2O3/c1-13-5-4-6-17(9-13)24-12-16(22)11-20-19(23)21-18-10-14(2)7-8-15(18)3/h4-10,16,22H,11-12H2,1-3H3,(H2,20,21,23). The van der Waals surface area contributed by atoms with Gasteiger partial charge in [-0.3, -0.25) is 0 Å². The molecule has 5 nitrogen and oxygen atoms in total. The number of urea groups is 1. The molecule has 0 spiro atoms. The molecule has 1 atom stereocenters. The van der Waals surface area contributed by atoms with Crippen LogP contribution in [0, 0.1) is 20.8 Å². The van der Waals surface area contributed by atoms with Crippen molar-refractivity contribution in [3.8, 4) is 5.75 Å². The van der Waals surface area contributed by atoms with E-state index in [0.29, 0.717) is 5.75 Å². The Hall–Kier alpha value is -2.53. The summed E-state index contributed by atoms with van der Waals surface area (Å²) in [6.45, 7) is 6.10. The Kier molecular flexibility index (Phi) is 6.21. The molecule has 0 aliphatic heterocycles. The Morgan fingerprint density at radius 3 is 2.62 bits per heavy atom. The molecule has 2 amide bonds. The minimum absolute atomic E-state index is 0.114. The quantitative estimate of drug-likeness (QED) is 0.763. The smallest absolute Gasteiger partial charge is 0.319 e. The van der Waals surface area contributed by atoms with Crippen LogP contribution in [0.3, 0.4) is 0 Å². The number of carbonyl (C=O) groups is 1. The fraction of sp³-hybridized carbons (Fsp3) is 0.316. The lowest BCUT2D eigenvalue weighted by Crippen LogP contribution is -2.37. The van der Waals surface area contributed by atoms with E-state index in [1.807, 2.05) is 63.2 Å². The van der Waals surface area contributed by atoms with Crippen LogP contribution in [0.15, 0.2) is 42.5 Å². The van der Waals surface area contributed by atoms with E-state index >= 15 is 0 Å². The first kappa shape index (κ1) is 17.8. The normalized spacial score (nSPS) is 11.7. The number of aryl methyl sites for hydroxylation is 3. The van der Waals surface area contributed by atoms with Crippen molar-refractivity contribution in [1.82, 2.24) is 5.32 Å². The SMILES string of the molecule is Cc1cccc(OCC(O)CNC(=O)Nc2cc(C)ccc2C)c1. The van der Waals surface area contributed by atoms with Crippen LogP contribution in [-0.4, -0.2) is 30.4 Å². The number of amides is 2. The second kappa shape index (κ2) is 8.36. The van der Waals surface area contributed by atoms with E-state index in [4.69, 9.17) is 4.74 Å². The van der Waals surface area contributed by atoms with Gasteiger partial charge in [0.15, 0.2) is 0 Å². The van der Waals surface area contributed by atoms with E-state index in [1.54, 1.807) is 0 Å². The number of benzene rings is 2. The van der Waals surface area contributed by atoms with Crippen LogP contribution in [0.5, 0.6) is 5.75 Å². The van der Waals surface area contributed by atoms with E-state index < -0.39 is 6.10 Å². The Labute approximate surface area is 142 Å². The fourth-order valence-corrected chi connectivity index (χ4v) is 2.20. The molecule has 0 aliphatic carbocycles. The molecule has 0 aromatic heterocycles. The number of ether oxygens (including phenoxy) is 1. The maximum absolute atomic E-state index is 11.9. The average molecular weight is 328 g/mol. The summed E-state index contributed by atoms with van der Waals surface area (Å²) in [5.41, 5.74) is 3.91. The first-order valence-corrected chi connectivity index (χ1v) is 7.93. The number of aliphatic hydroxyl groups excluding tert-OH is 1. The molecule has 0 aliphatic rings. The maximum Gasteiger partial charge on any atom is 0.319 e. The molecule has 2 rings (SSSR count). The molecule has 2 aromatic carbocycles. The van der Waals surface area contributed by atoms with Crippen LogP contribution in [-0.2, 0) is 0 Å². The lowest BCUT2D eigenvalue weighted by Gasteiger charge is -2.15. The van der Waals surface area contributed by atoms with E-state index in [-0.39, 0.29) is 19.2 Å². The average Bonchev–Trinajstić information content (AvgIpc) is 2.54. The fourth-order valence-electron chi connectivity index (χ4n) is 2.20. The van der Waals surface area contributed by atoms with Gasteiger partial charge in [-0.1, -0.05) is 24.3 Å². The molecule has 3 N–H and O–H groups in total. The third-order valence-electron chi connectivity index (χ3n) is 3.57. The van der Waals surface area contributed by atoms with Crippen molar-refractivity contribution in [2.24, 2.45) is 0 Å². The summed E-state index contributed by atoms with van der Waals surface area (Å²) in [4.78, 5) is 11.9. The highest BCUT2D eigenvalue weighted by atomic mass is 16.5. The zero-order valence-corrected chi connectivity index (χ0v) is 14.3. The largest absolute Gasteiger partial charge is 0.491 e. The minimum Gasteiger partial charge on any atom is -0.491 e. The molecule has 0 bridgehead atoms. The molecule has 24 heavy (non-hydrogen) atoms. The van der Waals surface area contributed by atoms with Crippen molar-refractivity contribution in [1.29, 1.82) is 0 Å². The second-order valence-electron chi connectivity index (χ2n) is 5.93. The Morgan fingerprint density at radius 1 is 1.12 bits per heavy atom. The maximum atomic E-state index is 11.9. The van der Waals surface area contributed by atoms with E-state index in [9.17, 15) is 9.90 Å². The third kappa shape index (κ3) is 5.59. The monoisotopic (exact) mass is 328 g/mol. The first-order chi connectivity index (χ1) is 11.4. The number of carbonyl (C=O) groups excluding carboxylic acids is 1. The van der Waals surface area contributed by atoms with Gasteiger partial charge < -0.3 is 20.5 Å². The van der Waals surface area contributed by atoms with Crippen LogP contribution in [0.25, 0.3) is 0 Å². The molecule has 0 fully saturated rings. The molecule has 0 saturated carbocycles. The van der Waals surface area contributed by atoms with Gasteiger partial charge in [-0.15, -0.1) is 0 Å². The molecule has 0 heterocycles. The van der Waals surface area contributed by atoms with Crippen LogP contribution < -0.4 is 15.4 Å². The van der Waals surface area contributed by atoms with Crippen molar-refractivity contribution < 1.29 is 14.6 Å². The van der Waals surface area contributed by atoms with Crippen molar-refractivity contribution in [2.75, 3.05) is 18.5 Å². The highest BCUT2D eigenvalue weighted by Gasteiger charge is 2.09. The van der Waals surface area contributed by atoms with Gasteiger partial charge in [0.1, 0.15) is 18.5 Å². The molecule has 5 heteroatoms. The van der Waals surface area contributed by atoms with Crippen LogP contribution in [0.1, 0.15) is 16.7 Å². The Bertz CT molecular complexity index is 701. The molecule has 2 aromatic rings. The highest BCUT2D eigenvalue weighted by molar-refractivity contribution is 5.90. The lowest BCUT2D eigenvalue weighted by atomic mass is 10.1. The third-order valence-corrected chi connectivity index (χ3v) is 3.57. The lowest BCUT2D eigenvalue weighted by molar-refractivity contribution is 0.108. The molecule has 0 radical (unpaired) electrons. The highest BCUT2D eigenvalue weighted by Crippen LogP contribution is 2.16. The molecular weight excluding hydrogens is 304 g/mol. The number of anilines is 1. The summed E-state index contributed by atoms with van der Waals surface area (Å²) in [6.07, 6.45) is -0.783. The van der Waals surface area contributed by atoms with E-state index in [0.717, 1.165) is 22.4 Å². The van der Waals surface area contributed by atoms with Crippen LogP contribution in [0.4, 0.5) is 10.5 Å². The number of rotatable bonds is 6. The number of hydrogen-bond acceptors (Lipinski definition) is 3. The topological polar surface area (TPSA) is 70.6 Å². The second-order valence-corrected chi connectivity index (χ2v) is 5.93. The summed E-state index contributed by atoms with van der Waals surface area (Å²) in [6, 6.07) is 13.1. The minimum atomic E-state index is -0.783. The van der Waals surface area contributed by atoms with Crippen molar-refractivity contribution in [3.05, 3.63) is 59.2 Å². The summed E-state index contributed by atoms with van der Waals surface area (Å²) in [7, 11) is 0. The first-order valence-electron chi connectivity index (χ1n) is 7.93. The van der Waals surface area contributed by atoms with Crippen molar-refractivity contribution in [2.45, 2.75) is 26.9 Å². The Morgan fingerprint density at radius 2 is 1.88 bits per heavy atom. The van der Waals surface area contributed by atoms with Crippen molar-refractivity contribution in [3.63, 3.8) is 0 Å². The zero-order chi connectivity index (χ0) is 17.5. The Balaban J connectivity index is 1.75. The predicted molar refractivity (Wildman–Crippen MR) is 95.6 cm³/mol. The molecule has 128 valence electrons. The molecule has 1 unspecified atom stereocenters. The summed E-state index contributed by atoms with van der Waals surface area (Å²) in [5.74, 6) is 0.703. The van der Waals surface area contributed by atoms with E-state index in [1.165, 1.54) is 0 Å². The van der Waals surface area contributed by atoms with Crippen LogP contribution in [0.2, 0.25) is 0 Å². The summed E-state index contributed by atoms with van der Waals surface area (Å²) in [5, 5.41) is 15.4. The number of hydrogen-bond donors (Lipinski definition) is 3. The van der Waals surface area contributed by atoms with Crippen molar-refractivity contribution >= 4 is 11.7 Å². The van der Waals surface area contributed by atoms with Gasteiger partial charge in [0.05, 0.1) is 0 Å². The van der Waals surface area contributed by atoms with Crippen LogP contribution >= 0.6 is 0 Å². The number of aliphatic hydroxyl groups is 1. The van der Waals surface area contributed by atoms with Gasteiger partial charge >= 0.3 is 6.03 Å². The molecular formula is C19H24N2O3. The van der Waals surface area contributed by atoms with Gasteiger partial charge in [-0.05, 0) is 55.7 Å².